The topological polar surface area (TPSA) is 72.3 Å². The van der Waals surface area contributed by atoms with E-state index in [9.17, 15) is 4.79 Å². The smallest absolute Gasteiger partial charge is 0.237 e. The number of hydrogen-bond acceptors (Lipinski definition) is 3. The lowest BCUT2D eigenvalue weighted by Gasteiger charge is -2.40. The molecule has 2 unspecified atom stereocenters. The lowest BCUT2D eigenvalue weighted by Crippen LogP contribution is -2.55. The fourth-order valence-electron chi connectivity index (χ4n) is 5.04. The Kier molecular flexibility index (Phi) is 4.28. The van der Waals surface area contributed by atoms with Crippen LogP contribution in [0.25, 0.3) is 0 Å². The Bertz CT molecular complexity index is 381. The quantitative estimate of drug-likeness (QED) is 0.833. The molecule has 4 heteroatoms. The summed E-state index contributed by atoms with van der Waals surface area (Å²) >= 11 is 0. The summed E-state index contributed by atoms with van der Waals surface area (Å²) in [6.07, 6.45) is 12.5. The third-order valence-electron chi connectivity index (χ3n) is 6.71. The highest BCUT2D eigenvalue weighted by molar-refractivity contribution is 5.85. The average molecular weight is 293 g/mol. The van der Waals surface area contributed by atoms with Gasteiger partial charge in [0.1, 0.15) is 0 Å². The number of likely N-dealkylation sites (tertiary alicyclic amines) is 1. The second-order valence-corrected chi connectivity index (χ2v) is 7.83. The van der Waals surface area contributed by atoms with Crippen molar-refractivity contribution in [3.63, 3.8) is 0 Å². The van der Waals surface area contributed by atoms with E-state index in [1.165, 1.54) is 51.6 Å². The van der Waals surface area contributed by atoms with Crippen LogP contribution in [-0.2, 0) is 4.79 Å². The van der Waals surface area contributed by atoms with E-state index < -0.39 is 5.54 Å². The standard InChI is InChI=1S/C17H31N3O/c18-15(21)17(19)8-3-4-14(17)5-11-20-12-9-16(10-13-20)6-1-2-7-16/h14H,1-13,19H2,(H2,18,21). The van der Waals surface area contributed by atoms with Crippen LogP contribution >= 0.6 is 0 Å². The van der Waals surface area contributed by atoms with Gasteiger partial charge in [-0.05, 0) is 75.9 Å². The Morgan fingerprint density at radius 2 is 1.71 bits per heavy atom. The summed E-state index contributed by atoms with van der Waals surface area (Å²) in [5, 5.41) is 0. The predicted octanol–water partition coefficient (Wildman–Crippen LogP) is 2.02. The van der Waals surface area contributed by atoms with Gasteiger partial charge in [-0.3, -0.25) is 4.79 Å². The van der Waals surface area contributed by atoms with E-state index in [0.717, 1.165) is 32.2 Å². The minimum absolute atomic E-state index is 0.289. The first kappa shape index (κ1) is 15.3. The molecule has 1 amide bonds. The summed E-state index contributed by atoms with van der Waals surface area (Å²) in [6, 6.07) is 0. The van der Waals surface area contributed by atoms with Gasteiger partial charge in [-0.15, -0.1) is 0 Å². The van der Waals surface area contributed by atoms with Gasteiger partial charge in [0.15, 0.2) is 0 Å². The van der Waals surface area contributed by atoms with Gasteiger partial charge in [-0.1, -0.05) is 19.3 Å². The summed E-state index contributed by atoms with van der Waals surface area (Å²) < 4.78 is 0. The molecule has 0 bridgehead atoms. The first-order valence-electron chi connectivity index (χ1n) is 8.85. The summed E-state index contributed by atoms with van der Waals surface area (Å²) in [5.74, 6) is -0.00841. The highest BCUT2D eigenvalue weighted by Crippen LogP contribution is 2.46. The normalized spacial score (nSPS) is 36.3. The number of nitrogens with two attached hydrogens (primary N) is 2. The zero-order chi connectivity index (χ0) is 14.9. The van der Waals surface area contributed by atoms with Crippen LogP contribution in [-0.4, -0.2) is 36.0 Å². The molecule has 1 heterocycles. The van der Waals surface area contributed by atoms with Gasteiger partial charge in [0.2, 0.25) is 5.91 Å². The van der Waals surface area contributed by atoms with Crippen LogP contribution in [0.15, 0.2) is 0 Å². The molecule has 4 nitrogen and oxygen atoms in total. The van der Waals surface area contributed by atoms with Crippen molar-refractivity contribution in [1.29, 1.82) is 0 Å². The van der Waals surface area contributed by atoms with E-state index in [1.54, 1.807) is 0 Å². The monoisotopic (exact) mass is 293 g/mol. The average Bonchev–Trinajstić information content (AvgIpc) is 3.07. The highest BCUT2D eigenvalue weighted by atomic mass is 16.1. The predicted molar refractivity (Wildman–Crippen MR) is 84.6 cm³/mol. The minimum atomic E-state index is -0.734. The maximum absolute atomic E-state index is 11.6. The minimum Gasteiger partial charge on any atom is -0.368 e. The molecule has 2 saturated carbocycles. The Balaban J connectivity index is 1.47. The molecule has 0 aromatic heterocycles. The van der Waals surface area contributed by atoms with Crippen molar-refractivity contribution < 1.29 is 4.79 Å². The Morgan fingerprint density at radius 3 is 2.33 bits per heavy atom. The second kappa shape index (κ2) is 5.88. The van der Waals surface area contributed by atoms with Crippen LogP contribution in [0.4, 0.5) is 0 Å². The molecule has 21 heavy (non-hydrogen) atoms. The third kappa shape index (κ3) is 2.98. The summed E-state index contributed by atoms with van der Waals surface area (Å²) in [5.41, 5.74) is 11.8. The number of carbonyl (C=O) groups is 1. The Labute approximate surface area is 128 Å². The van der Waals surface area contributed by atoms with E-state index in [0.29, 0.717) is 5.41 Å². The number of primary amides is 1. The number of carbonyl (C=O) groups excluding carboxylic acids is 1. The Morgan fingerprint density at radius 1 is 1.05 bits per heavy atom. The zero-order valence-corrected chi connectivity index (χ0v) is 13.3. The summed E-state index contributed by atoms with van der Waals surface area (Å²) in [6.45, 7) is 3.56. The van der Waals surface area contributed by atoms with Crippen LogP contribution in [0.5, 0.6) is 0 Å². The molecule has 0 aromatic rings. The van der Waals surface area contributed by atoms with Crippen LogP contribution < -0.4 is 11.5 Å². The van der Waals surface area contributed by atoms with Crippen molar-refractivity contribution in [3.05, 3.63) is 0 Å². The maximum atomic E-state index is 11.6. The van der Waals surface area contributed by atoms with Crippen molar-refractivity contribution in [2.75, 3.05) is 19.6 Å². The SMILES string of the molecule is NC(=O)C1(N)CCCC1CCN1CCC2(CCCC2)CC1. The van der Waals surface area contributed by atoms with Crippen LogP contribution in [0.2, 0.25) is 0 Å². The van der Waals surface area contributed by atoms with E-state index in [1.807, 2.05) is 0 Å². The number of rotatable bonds is 4. The molecule has 2 aliphatic carbocycles. The fourth-order valence-corrected chi connectivity index (χ4v) is 5.04. The molecule has 3 aliphatic rings. The van der Waals surface area contributed by atoms with E-state index in [2.05, 4.69) is 4.90 Å². The largest absolute Gasteiger partial charge is 0.368 e. The molecule has 1 saturated heterocycles. The summed E-state index contributed by atoms with van der Waals surface area (Å²) in [7, 11) is 0. The van der Waals surface area contributed by atoms with Crippen molar-refractivity contribution in [1.82, 2.24) is 4.90 Å². The van der Waals surface area contributed by atoms with E-state index >= 15 is 0 Å². The summed E-state index contributed by atoms with van der Waals surface area (Å²) in [4.78, 5) is 14.2. The number of hydrogen-bond donors (Lipinski definition) is 2. The molecule has 1 aliphatic heterocycles. The van der Waals surface area contributed by atoms with Crippen LogP contribution in [0.3, 0.4) is 0 Å². The fraction of sp³-hybridized carbons (Fsp3) is 0.941. The zero-order valence-electron chi connectivity index (χ0n) is 13.3. The van der Waals surface area contributed by atoms with Crippen LogP contribution in [0, 0.1) is 11.3 Å². The molecular weight excluding hydrogens is 262 g/mol. The lowest BCUT2D eigenvalue weighted by molar-refractivity contribution is -0.124. The Hall–Kier alpha value is -0.610. The molecule has 3 fully saturated rings. The molecule has 1 spiro atoms. The van der Waals surface area contributed by atoms with Crippen molar-refractivity contribution in [3.8, 4) is 0 Å². The van der Waals surface area contributed by atoms with Gasteiger partial charge in [-0.2, -0.15) is 0 Å². The molecule has 0 aromatic carbocycles. The van der Waals surface area contributed by atoms with Gasteiger partial charge >= 0.3 is 0 Å². The molecule has 3 rings (SSSR count). The first-order chi connectivity index (χ1) is 10.0. The van der Waals surface area contributed by atoms with Gasteiger partial charge in [-0.25, -0.2) is 0 Å². The molecular formula is C17H31N3O. The second-order valence-electron chi connectivity index (χ2n) is 7.83. The third-order valence-corrected chi connectivity index (χ3v) is 6.71. The molecule has 2 atom stereocenters. The van der Waals surface area contributed by atoms with Crippen LogP contribution in [0.1, 0.15) is 64.2 Å². The van der Waals surface area contributed by atoms with Crippen molar-refractivity contribution in [2.45, 2.75) is 69.7 Å². The number of amides is 1. The molecule has 0 radical (unpaired) electrons. The molecule has 120 valence electrons. The maximum Gasteiger partial charge on any atom is 0.237 e. The molecule has 4 N–H and O–H groups in total. The highest BCUT2D eigenvalue weighted by Gasteiger charge is 2.44. The van der Waals surface area contributed by atoms with Gasteiger partial charge in [0, 0.05) is 0 Å². The lowest BCUT2D eigenvalue weighted by atomic mass is 9.77. The number of nitrogens with zero attached hydrogens (tertiary/aromatic N) is 1. The van der Waals surface area contributed by atoms with Gasteiger partial charge in [0.05, 0.1) is 5.54 Å². The van der Waals surface area contributed by atoms with Gasteiger partial charge < -0.3 is 16.4 Å². The van der Waals surface area contributed by atoms with Crippen molar-refractivity contribution in [2.24, 2.45) is 22.8 Å². The van der Waals surface area contributed by atoms with Gasteiger partial charge in [0.25, 0.3) is 0 Å². The van der Waals surface area contributed by atoms with E-state index in [4.69, 9.17) is 11.5 Å². The van der Waals surface area contributed by atoms with E-state index in [-0.39, 0.29) is 11.8 Å². The first-order valence-corrected chi connectivity index (χ1v) is 8.85. The number of piperidine rings is 1. The van der Waals surface area contributed by atoms with Crippen molar-refractivity contribution >= 4 is 5.91 Å².